The van der Waals surface area contributed by atoms with Crippen LogP contribution in [0.25, 0.3) is 22.5 Å². The molecule has 0 bridgehead atoms. The van der Waals surface area contributed by atoms with Crippen molar-refractivity contribution in [1.29, 1.82) is 0 Å². The molecular formula is C15H12N4O2. The number of carboxylic acid groups (broad SMARTS) is 1. The van der Waals surface area contributed by atoms with E-state index in [2.05, 4.69) is 15.4 Å². The van der Waals surface area contributed by atoms with Crippen LogP contribution in [0, 0.1) is 0 Å². The fourth-order valence-electron chi connectivity index (χ4n) is 2.13. The highest BCUT2D eigenvalue weighted by atomic mass is 16.4. The van der Waals surface area contributed by atoms with E-state index >= 15 is 0 Å². The lowest BCUT2D eigenvalue weighted by molar-refractivity contribution is 0.206. The molecule has 0 unspecified atom stereocenters. The SMILES string of the molecule is O=C(O)Nn1c(-c2cccnc2)ccc1-c1cccnc1. The maximum Gasteiger partial charge on any atom is 0.423 e. The van der Waals surface area contributed by atoms with Gasteiger partial charge in [0.2, 0.25) is 0 Å². The van der Waals surface area contributed by atoms with E-state index in [-0.39, 0.29) is 0 Å². The van der Waals surface area contributed by atoms with Gasteiger partial charge in [-0.25, -0.2) is 14.9 Å². The second kappa shape index (κ2) is 5.46. The Bertz CT molecular complexity index is 697. The van der Waals surface area contributed by atoms with Crippen LogP contribution in [0.1, 0.15) is 0 Å². The summed E-state index contributed by atoms with van der Waals surface area (Å²) in [5, 5.41) is 9.06. The molecule has 3 aromatic heterocycles. The van der Waals surface area contributed by atoms with E-state index in [0.29, 0.717) is 11.4 Å². The Morgan fingerprint density at radius 1 is 0.952 bits per heavy atom. The first-order valence-electron chi connectivity index (χ1n) is 6.28. The number of amides is 1. The van der Waals surface area contributed by atoms with Crippen molar-refractivity contribution in [3.8, 4) is 22.5 Å². The number of carbonyl (C=O) groups is 1. The van der Waals surface area contributed by atoms with E-state index in [9.17, 15) is 4.79 Å². The van der Waals surface area contributed by atoms with E-state index in [0.717, 1.165) is 11.1 Å². The van der Waals surface area contributed by atoms with Gasteiger partial charge in [0, 0.05) is 35.9 Å². The summed E-state index contributed by atoms with van der Waals surface area (Å²) >= 11 is 0. The third-order valence-electron chi connectivity index (χ3n) is 3.00. The molecule has 3 aromatic rings. The van der Waals surface area contributed by atoms with Gasteiger partial charge in [-0.05, 0) is 36.4 Å². The molecule has 0 saturated heterocycles. The molecule has 0 fully saturated rings. The zero-order valence-electron chi connectivity index (χ0n) is 11.0. The average Bonchev–Trinajstić information content (AvgIpc) is 2.92. The van der Waals surface area contributed by atoms with Crippen LogP contribution >= 0.6 is 0 Å². The predicted octanol–water partition coefficient (Wildman–Crippen LogP) is 2.83. The maximum atomic E-state index is 11.1. The fraction of sp³-hybridized carbons (Fsp3) is 0. The number of aromatic nitrogens is 3. The quantitative estimate of drug-likeness (QED) is 0.773. The van der Waals surface area contributed by atoms with Crippen molar-refractivity contribution in [3.63, 3.8) is 0 Å². The number of rotatable bonds is 3. The molecule has 0 spiro atoms. The Morgan fingerprint density at radius 3 is 1.86 bits per heavy atom. The van der Waals surface area contributed by atoms with Crippen molar-refractivity contribution in [3.05, 3.63) is 61.2 Å². The van der Waals surface area contributed by atoms with E-state index in [1.165, 1.54) is 4.68 Å². The van der Waals surface area contributed by atoms with Gasteiger partial charge in [-0.3, -0.25) is 9.97 Å². The molecule has 6 nitrogen and oxygen atoms in total. The van der Waals surface area contributed by atoms with Gasteiger partial charge >= 0.3 is 6.09 Å². The number of pyridine rings is 2. The molecule has 0 radical (unpaired) electrons. The molecule has 6 heteroatoms. The van der Waals surface area contributed by atoms with Crippen molar-refractivity contribution >= 4 is 6.09 Å². The Kier molecular flexibility index (Phi) is 3.34. The molecule has 104 valence electrons. The number of nitrogens with one attached hydrogen (secondary N) is 1. The summed E-state index contributed by atoms with van der Waals surface area (Å²) in [5.74, 6) is 0. The monoisotopic (exact) mass is 280 g/mol. The standard InChI is InChI=1S/C15H12N4O2/c20-15(21)18-19-13(11-3-1-7-16-9-11)5-6-14(19)12-4-2-8-17-10-12/h1-10,18H,(H,20,21). The van der Waals surface area contributed by atoms with Gasteiger partial charge in [-0.15, -0.1) is 0 Å². The molecule has 21 heavy (non-hydrogen) atoms. The maximum absolute atomic E-state index is 11.1. The Morgan fingerprint density at radius 2 is 1.48 bits per heavy atom. The first-order chi connectivity index (χ1) is 10.3. The number of hydrogen-bond acceptors (Lipinski definition) is 3. The molecule has 0 aliphatic carbocycles. The second-order valence-corrected chi connectivity index (χ2v) is 4.34. The van der Waals surface area contributed by atoms with Gasteiger partial charge in [-0.2, -0.15) is 0 Å². The highest BCUT2D eigenvalue weighted by molar-refractivity contribution is 5.78. The van der Waals surface area contributed by atoms with Crippen LogP contribution in [-0.4, -0.2) is 25.8 Å². The zero-order chi connectivity index (χ0) is 14.7. The minimum Gasteiger partial charge on any atom is -0.464 e. The van der Waals surface area contributed by atoms with Crippen molar-refractivity contribution in [2.24, 2.45) is 0 Å². The van der Waals surface area contributed by atoms with Crippen molar-refractivity contribution in [2.75, 3.05) is 5.43 Å². The van der Waals surface area contributed by atoms with Crippen molar-refractivity contribution in [1.82, 2.24) is 14.6 Å². The molecule has 2 N–H and O–H groups in total. The zero-order valence-corrected chi connectivity index (χ0v) is 11.0. The topological polar surface area (TPSA) is 80.0 Å². The molecule has 3 heterocycles. The van der Waals surface area contributed by atoms with Crippen LogP contribution in [0.2, 0.25) is 0 Å². The molecule has 0 aliphatic heterocycles. The third kappa shape index (κ3) is 2.59. The highest BCUT2D eigenvalue weighted by Gasteiger charge is 2.13. The van der Waals surface area contributed by atoms with Crippen LogP contribution in [0.5, 0.6) is 0 Å². The average molecular weight is 280 g/mol. The van der Waals surface area contributed by atoms with Gasteiger partial charge in [0.1, 0.15) is 0 Å². The molecule has 0 aliphatic rings. The predicted molar refractivity (Wildman–Crippen MR) is 78.3 cm³/mol. The molecule has 0 saturated carbocycles. The van der Waals surface area contributed by atoms with Crippen LogP contribution < -0.4 is 5.43 Å². The third-order valence-corrected chi connectivity index (χ3v) is 3.00. The second-order valence-electron chi connectivity index (χ2n) is 4.34. The summed E-state index contributed by atoms with van der Waals surface area (Å²) in [5.41, 5.74) is 5.46. The number of hydrogen-bond donors (Lipinski definition) is 2. The number of nitrogens with zero attached hydrogens (tertiary/aromatic N) is 3. The minimum atomic E-state index is -1.14. The van der Waals surface area contributed by atoms with Crippen LogP contribution in [0.3, 0.4) is 0 Å². The van der Waals surface area contributed by atoms with Gasteiger partial charge in [0.25, 0.3) is 0 Å². The summed E-state index contributed by atoms with van der Waals surface area (Å²) in [6.07, 6.45) is 5.57. The summed E-state index contributed by atoms with van der Waals surface area (Å²) < 4.78 is 1.51. The molecule has 3 rings (SSSR count). The van der Waals surface area contributed by atoms with Gasteiger partial charge < -0.3 is 5.11 Å². The smallest absolute Gasteiger partial charge is 0.423 e. The summed E-state index contributed by atoms with van der Waals surface area (Å²) in [6, 6.07) is 11.0. The Hall–Kier alpha value is -3.15. The first kappa shape index (κ1) is 12.9. The van der Waals surface area contributed by atoms with Crippen LogP contribution in [0.15, 0.2) is 61.2 Å². The van der Waals surface area contributed by atoms with Gasteiger partial charge in [0.05, 0.1) is 11.4 Å². The molecule has 1 amide bonds. The first-order valence-corrected chi connectivity index (χ1v) is 6.28. The van der Waals surface area contributed by atoms with Crippen LogP contribution in [-0.2, 0) is 0 Å². The van der Waals surface area contributed by atoms with Gasteiger partial charge in [-0.1, -0.05) is 0 Å². The lowest BCUT2D eigenvalue weighted by atomic mass is 10.2. The Labute approximate surface area is 120 Å². The molecule has 0 atom stereocenters. The summed E-state index contributed by atoms with van der Waals surface area (Å²) in [4.78, 5) is 19.2. The summed E-state index contributed by atoms with van der Waals surface area (Å²) in [6.45, 7) is 0. The molecule has 0 aromatic carbocycles. The van der Waals surface area contributed by atoms with E-state index < -0.39 is 6.09 Å². The van der Waals surface area contributed by atoms with Crippen molar-refractivity contribution < 1.29 is 9.90 Å². The molecular weight excluding hydrogens is 268 g/mol. The highest BCUT2D eigenvalue weighted by Crippen LogP contribution is 2.26. The van der Waals surface area contributed by atoms with Crippen LogP contribution in [0.4, 0.5) is 4.79 Å². The lowest BCUT2D eigenvalue weighted by Crippen LogP contribution is -2.22. The summed E-state index contributed by atoms with van der Waals surface area (Å²) in [7, 11) is 0. The Balaban J connectivity index is 2.14. The van der Waals surface area contributed by atoms with E-state index in [1.807, 2.05) is 24.3 Å². The fourth-order valence-corrected chi connectivity index (χ4v) is 2.13. The minimum absolute atomic E-state index is 0.712. The van der Waals surface area contributed by atoms with E-state index in [1.54, 1.807) is 36.9 Å². The largest absolute Gasteiger partial charge is 0.464 e. The van der Waals surface area contributed by atoms with E-state index in [4.69, 9.17) is 5.11 Å². The van der Waals surface area contributed by atoms with Crippen molar-refractivity contribution in [2.45, 2.75) is 0 Å². The normalized spacial score (nSPS) is 10.3. The lowest BCUT2D eigenvalue weighted by Gasteiger charge is -2.12. The van der Waals surface area contributed by atoms with Gasteiger partial charge in [0.15, 0.2) is 0 Å².